The van der Waals surface area contributed by atoms with Gasteiger partial charge < -0.3 is 31.2 Å². The number of amides is 2. The zero-order chi connectivity index (χ0) is 23.6. The van der Waals surface area contributed by atoms with Gasteiger partial charge in [-0.05, 0) is 43.2 Å². The molecule has 33 heavy (non-hydrogen) atoms. The fraction of sp³-hybridized carbons (Fsp3) is 0.261. The fourth-order valence-electron chi connectivity index (χ4n) is 3.20. The van der Waals surface area contributed by atoms with Crippen molar-refractivity contribution < 1.29 is 23.5 Å². The van der Waals surface area contributed by atoms with Crippen molar-refractivity contribution in [3.8, 4) is 11.5 Å². The summed E-state index contributed by atoms with van der Waals surface area (Å²) in [6.45, 7) is 0.390. The molecule has 0 atom stereocenters. The smallest absolute Gasteiger partial charge is 0.313 e. The first-order valence-electron chi connectivity index (χ1n) is 10.3. The van der Waals surface area contributed by atoms with E-state index in [-0.39, 0.29) is 16.9 Å². The van der Waals surface area contributed by atoms with Gasteiger partial charge in [-0.2, -0.15) is 0 Å². The minimum atomic E-state index is -0.884. The van der Waals surface area contributed by atoms with E-state index < -0.39 is 17.6 Å². The predicted octanol–water partition coefficient (Wildman–Crippen LogP) is 2.68. The van der Waals surface area contributed by atoms with E-state index in [1.165, 1.54) is 19.2 Å². The number of aromatic nitrogens is 1. The second-order valence-electron chi connectivity index (χ2n) is 7.88. The van der Waals surface area contributed by atoms with Crippen molar-refractivity contribution in [2.24, 2.45) is 5.73 Å². The SMILES string of the molecule is CNC(=O)C(=O)Nc1ccc(Nc2ccnc3cc(OCC4(N)CC4)c(OC)cc23)c(F)c1. The summed E-state index contributed by atoms with van der Waals surface area (Å²) in [5, 5.41) is 8.28. The number of anilines is 3. The summed E-state index contributed by atoms with van der Waals surface area (Å²) in [6.07, 6.45) is 3.45. The number of likely N-dealkylation sites (N-methyl/N-ethyl adjacent to an activating group) is 1. The summed E-state index contributed by atoms with van der Waals surface area (Å²) >= 11 is 0. The van der Waals surface area contributed by atoms with Gasteiger partial charge in [0.05, 0.1) is 23.9 Å². The molecule has 1 saturated carbocycles. The lowest BCUT2D eigenvalue weighted by Gasteiger charge is -2.16. The summed E-state index contributed by atoms with van der Waals surface area (Å²) in [4.78, 5) is 27.4. The van der Waals surface area contributed by atoms with Crippen molar-refractivity contribution in [1.82, 2.24) is 10.3 Å². The third kappa shape index (κ3) is 4.96. The Morgan fingerprint density at radius 3 is 2.58 bits per heavy atom. The molecule has 2 aromatic carbocycles. The average molecular weight is 453 g/mol. The molecule has 1 aromatic heterocycles. The number of methoxy groups -OCH3 is 1. The standard InChI is InChI=1S/C23H24FN5O4/c1-26-21(30)22(31)28-13-3-4-17(15(24)9-13)29-16-5-8-27-18-11-20(19(32-2)10-14(16)18)33-12-23(25)6-7-23/h3-5,8-11H,6-7,12,25H2,1-2H3,(H,26,30)(H,27,29)(H,28,31). The second-order valence-corrected chi connectivity index (χ2v) is 7.88. The minimum absolute atomic E-state index is 0.156. The highest BCUT2D eigenvalue weighted by atomic mass is 19.1. The van der Waals surface area contributed by atoms with Gasteiger partial charge in [-0.15, -0.1) is 0 Å². The molecule has 0 radical (unpaired) electrons. The zero-order valence-electron chi connectivity index (χ0n) is 18.2. The average Bonchev–Trinajstić information content (AvgIpc) is 3.55. The fourth-order valence-corrected chi connectivity index (χ4v) is 3.20. The van der Waals surface area contributed by atoms with Crippen LogP contribution in [0.1, 0.15) is 12.8 Å². The van der Waals surface area contributed by atoms with Gasteiger partial charge in [0.25, 0.3) is 0 Å². The molecule has 0 spiro atoms. The van der Waals surface area contributed by atoms with Crippen LogP contribution in [-0.4, -0.2) is 43.1 Å². The maximum absolute atomic E-state index is 14.7. The molecule has 1 fully saturated rings. The van der Waals surface area contributed by atoms with Crippen molar-refractivity contribution in [3.63, 3.8) is 0 Å². The molecule has 9 nitrogen and oxygen atoms in total. The number of hydrogen-bond acceptors (Lipinski definition) is 7. The Bertz CT molecular complexity index is 1230. The second kappa shape index (κ2) is 8.91. The summed E-state index contributed by atoms with van der Waals surface area (Å²) in [7, 11) is 2.87. The number of halogens is 1. The number of benzene rings is 2. The molecule has 4 rings (SSSR count). The first-order chi connectivity index (χ1) is 15.8. The summed E-state index contributed by atoms with van der Waals surface area (Å²) in [6, 6.07) is 9.32. The molecule has 2 amide bonds. The van der Waals surface area contributed by atoms with Crippen LogP contribution in [-0.2, 0) is 9.59 Å². The molecular formula is C23H24FN5O4. The number of nitrogens with zero attached hydrogens (tertiary/aromatic N) is 1. The number of carbonyl (C=O) groups is 2. The van der Waals surface area contributed by atoms with Gasteiger partial charge >= 0.3 is 11.8 Å². The van der Waals surface area contributed by atoms with Gasteiger partial charge in [-0.1, -0.05) is 0 Å². The van der Waals surface area contributed by atoms with Gasteiger partial charge in [0.1, 0.15) is 12.4 Å². The largest absolute Gasteiger partial charge is 0.493 e. The van der Waals surface area contributed by atoms with Crippen LogP contribution in [0.3, 0.4) is 0 Å². The molecule has 1 aliphatic carbocycles. The molecule has 0 aliphatic heterocycles. The Hall–Kier alpha value is -3.92. The van der Waals surface area contributed by atoms with Gasteiger partial charge in [-0.3, -0.25) is 14.6 Å². The van der Waals surface area contributed by atoms with Crippen LogP contribution in [0, 0.1) is 5.82 Å². The van der Waals surface area contributed by atoms with Crippen LogP contribution in [0.4, 0.5) is 21.5 Å². The van der Waals surface area contributed by atoms with Gasteiger partial charge in [0.15, 0.2) is 11.5 Å². The Labute approximate surface area is 189 Å². The third-order valence-corrected chi connectivity index (χ3v) is 5.36. The van der Waals surface area contributed by atoms with Crippen LogP contribution in [0.2, 0.25) is 0 Å². The Balaban J connectivity index is 1.58. The molecule has 1 heterocycles. The minimum Gasteiger partial charge on any atom is -0.493 e. The molecular weight excluding hydrogens is 429 g/mol. The van der Waals surface area contributed by atoms with Crippen molar-refractivity contribution >= 4 is 39.8 Å². The molecule has 5 N–H and O–H groups in total. The number of carbonyl (C=O) groups excluding carboxylic acids is 2. The number of nitrogens with one attached hydrogen (secondary N) is 3. The summed E-state index contributed by atoms with van der Waals surface area (Å²) in [5.74, 6) is -1.27. The van der Waals surface area contributed by atoms with E-state index >= 15 is 0 Å². The lowest BCUT2D eigenvalue weighted by molar-refractivity contribution is -0.135. The van der Waals surface area contributed by atoms with E-state index in [1.807, 2.05) is 0 Å². The maximum Gasteiger partial charge on any atom is 0.313 e. The van der Waals surface area contributed by atoms with Gasteiger partial charge in [0, 0.05) is 36.1 Å². The first kappa shape index (κ1) is 22.3. The maximum atomic E-state index is 14.7. The Morgan fingerprint density at radius 1 is 1.12 bits per heavy atom. The summed E-state index contributed by atoms with van der Waals surface area (Å²) < 4.78 is 26.1. The Morgan fingerprint density at radius 2 is 1.91 bits per heavy atom. The number of nitrogens with two attached hydrogens (primary N) is 1. The lowest BCUT2D eigenvalue weighted by Crippen LogP contribution is -2.32. The number of hydrogen-bond donors (Lipinski definition) is 4. The van der Waals surface area contributed by atoms with Crippen molar-refractivity contribution in [1.29, 1.82) is 0 Å². The molecule has 0 unspecified atom stereocenters. The van der Waals surface area contributed by atoms with Crippen LogP contribution in [0.25, 0.3) is 10.9 Å². The normalized spacial score (nSPS) is 13.8. The molecule has 1 aliphatic rings. The quantitative estimate of drug-likeness (QED) is 0.405. The first-order valence-corrected chi connectivity index (χ1v) is 10.3. The Kier molecular flexibility index (Phi) is 6.01. The van der Waals surface area contributed by atoms with Crippen molar-refractivity contribution in [2.75, 3.05) is 31.4 Å². The molecule has 0 bridgehead atoms. The van der Waals surface area contributed by atoms with Crippen molar-refractivity contribution in [2.45, 2.75) is 18.4 Å². The highest BCUT2D eigenvalue weighted by Crippen LogP contribution is 2.38. The van der Waals surface area contributed by atoms with E-state index in [0.717, 1.165) is 18.9 Å². The van der Waals surface area contributed by atoms with Gasteiger partial charge in [-0.25, -0.2) is 4.39 Å². The van der Waals surface area contributed by atoms with Crippen LogP contribution in [0.15, 0.2) is 42.6 Å². The summed E-state index contributed by atoms with van der Waals surface area (Å²) in [5.41, 5.74) is 7.40. The number of fused-ring (bicyclic) bond motifs is 1. The number of ether oxygens (including phenoxy) is 2. The van der Waals surface area contributed by atoms with Crippen LogP contribution < -0.4 is 31.2 Å². The monoisotopic (exact) mass is 453 g/mol. The molecule has 10 heteroatoms. The van der Waals surface area contributed by atoms with Crippen LogP contribution in [0.5, 0.6) is 11.5 Å². The highest BCUT2D eigenvalue weighted by molar-refractivity contribution is 6.39. The number of rotatable bonds is 7. The molecule has 0 saturated heterocycles. The van der Waals surface area contributed by atoms with E-state index in [2.05, 4.69) is 20.9 Å². The highest BCUT2D eigenvalue weighted by Gasteiger charge is 2.39. The van der Waals surface area contributed by atoms with Gasteiger partial charge in [0.2, 0.25) is 0 Å². The van der Waals surface area contributed by atoms with Crippen molar-refractivity contribution in [3.05, 3.63) is 48.4 Å². The molecule has 172 valence electrons. The number of pyridine rings is 1. The van der Waals surface area contributed by atoms with Crippen LogP contribution >= 0.6 is 0 Å². The van der Waals surface area contributed by atoms with E-state index in [0.29, 0.717) is 34.7 Å². The molecule has 3 aromatic rings. The lowest BCUT2D eigenvalue weighted by atomic mass is 10.1. The predicted molar refractivity (Wildman–Crippen MR) is 122 cm³/mol. The topological polar surface area (TPSA) is 128 Å². The zero-order valence-corrected chi connectivity index (χ0v) is 18.2. The van der Waals surface area contributed by atoms with E-state index in [4.69, 9.17) is 15.2 Å². The van der Waals surface area contributed by atoms with E-state index in [1.54, 1.807) is 31.5 Å². The van der Waals surface area contributed by atoms with E-state index in [9.17, 15) is 14.0 Å². The third-order valence-electron chi connectivity index (χ3n) is 5.36.